The number of aliphatic hydroxyl groups excluding tert-OH is 1. The Morgan fingerprint density at radius 1 is 1.39 bits per heavy atom. The number of fused-ring (bicyclic) bond motifs is 4. The van der Waals surface area contributed by atoms with E-state index in [1.54, 1.807) is 6.92 Å². The van der Waals surface area contributed by atoms with Gasteiger partial charge in [0, 0.05) is 37.4 Å². The van der Waals surface area contributed by atoms with Gasteiger partial charge in [-0.1, -0.05) is 0 Å². The van der Waals surface area contributed by atoms with E-state index in [4.69, 9.17) is 20.3 Å². The molecule has 0 aromatic heterocycles. The molecule has 0 aromatic carbocycles. The molecule has 5 atom stereocenters. The molecule has 0 aromatic rings. The van der Waals surface area contributed by atoms with E-state index in [2.05, 4.69) is 10.2 Å². The maximum atomic E-state index is 13.0. The fourth-order valence-corrected chi connectivity index (χ4v) is 4.94. The van der Waals surface area contributed by atoms with Crippen LogP contribution in [0, 0.1) is 5.92 Å². The number of nitrogens with one attached hydrogen (secondary N) is 1. The molecule has 0 saturated carbocycles. The smallest absolute Gasteiger partial charge is 0.407 e. The molecule has 3 heterocycles. The van der Waals surface area contributed by atoms with Gasteiger partial charge in [-0.3, -0.25) is 14.5 Å². The standard InChI is InChI=1S/C18H24N4O6/c1-8-12(19)15(25)11-9(7-28-17(26)20-4-5-23)18(27-3)16-10(21(16)2)6-22(18)13(11)14(8)24/h9-10,16,23H,4-7,19H2,1-3H3,(H,20,26). The number of rotatable bonds is 5. The molecule has 0 spiro atoms. The Morgan fingerprint density at radius 2 is 2.11 bits per heavy atom. The Morgan fingerprint density at radius 3 is 2.75 bits per heavy atom. The van der Waals surface area contributed by atoms with Gasteiger partial charge in [0.05, 0.1) is 30.0 Å². The molecule has 4 N–H and O–H groups in total. The van der Waals surface area contributed by atoms with Gasteiger partial charge in [-0.25, -0.2) is 4.79 Å². The number of nitrogens with zero attached hydrogens (tertiary/aromatic N) is 2. The molecule has 0 radical (unpaired) electrons. The first kappa shape index (κ1) is 18.9. The number of aliphatic hydroxyl groups is 1. The van der Waals surface area contributed by atoms with Gasteiger partial charge in [0.15, 0.2) is 5.72 Å². The first-order chi connectivity index (χ1) is 13.3. The quantitative estimate of drug-likeness (QED) is 0.370. The van der Waals surface area contributed by atoms with Gasteiger partial charge in [0.1, 0.15) is 6.61 Å². The molecule has 2 saturated heterocycles. The van der Waals surface area contributed by atoms with Gasteiger partial charge >= 0.3 is 6.09 Å². The highest BCUT2D eigenvalue weighted by Crippen LogP contribution is 2.59. The summed E-state index contributed by atoms with van der Waals surface area (Å²) in [5.41, 5.74) is 5.65. The van der Waals surface area contributed by atoms with Crippen LogP contribution < -0.4 is 11.1 Å². The molecular formula is C18H24N4O6. The first-order valence-electron chi connectivity index (χ1n) is 9.17. The Balaban J connectivity index is 1.72. The summed E-state index contributed by atoms with van der Waals surface area (Å²) in [6.45, 7) is 1.78. The molecule has 2 fully saturated rings. The summed E-state index contributed by atoms with van der Waals surface area (Å²) < 4.78 is 11.3. The van der Waals surface area contributed by atoms with Crippen molar-refractivity contribution in [3.63, 3.8) is 0 Å². The summed E-state index contributed by atoms with van der Waals surface area (Å²) in [5.74, 6) is -1.36. The topological polar surface area (TPSA) is 134 Å². The van der Waals surface area contributed by atoms with Crippen LogP contribution in [0.4, 0.5) is 4.79 Å². The summed E-state index contributed by atoms with van der Waals surface area (Å²) in [4.78, 5) is 41.9. The van der Waals surface area contributed by atoms with Gasteiger partial charge in [0.2, 0.25) is 11.6 Å². The molecule has 152 valence electrons. The molecule has 4 aliphatic rings. The van der Waals surface area contributed by atoms with Crippen molar-refractivity contribution in [1.82, 2.24) is 15.1 Å². The molecule has 1 aliphatic carbocycles. The molecule has 10 heteroatoms. The number of carbonyl (C=O) groups excluding carboxylic acids is 3. The van der Waals surface area contributed by atoms with E-state index >= 15 is 0 Å². The van der Waals surface area contributed by atoms with Crippen molar-refractivity contribution in [2.75, 3.05) is 40.5 Å². The Hall–Kier alpha value is -2.43. The number of alkyl carbamates (subject to hydrolysis) is 1. The van der Waals surface area contributed by atoms with Crippen LogP contribution in [0.15, 0.2) is 22.5 Å². The van der Waals surface area contributed by atoms with E-state index in [9.17, 15) is 14.4 Å². The van der Waals surface area contributed by atoms with Gasteiger partial charge in [0.25, 0.3) is 0 Å². The monoisotopic (exact) mass is 392 g/mol. The summed E-state index contributed by atoms with van der Waals surface area (Å²) in [7, 11) is 3.50. The Bertz CT molecular complexity index is 836. The third kappa shape index (κ3) is 2.22. The number of amides is 1. The number of allylic oxidation sites excluding steroid dienone is 2. The third-order valence-corrected chi connectivity index (χ3v) is 6.36. The molecule has 5 unspecified atom stereocenters. The molecule has 10 nitrogen and oxygen atoms in total. The maximum absolute atomic E-state index is 13.0. The van der Waals surface area contributed by atoms with Crippen LogP contribution in [-0.4, -0.2) is 90.8 Å². The van der Waals surface area contributed by atoms with Crippen LogP contribution in [0.5, 0.6) is 0 Å². The van der Waals surface area contributed by atoms with Crippen molar-refractivity contribution in [3.8, 4) is 0 Å². The molecule has 3 aliphatic heterocycles. The van der Waals surface area contributed by atoms with E-state index in [0.29, 0.717) is 12.2 Å². The maximum Gasteiger partial charge on any atom is 0.407 e. The number of hydrogen-bond acceptors (Lipinski definition) is 9. The molecule has 4 rings (SSSR count). The normalized spacial score (nSPS) is 35.8. The van der Waals surface area contributed by atoms with Crippen LogP contribution in [0.3, 0.4) is 0 Å². The number of hydrogen-bond donors (Lipinski definition) is 3. The number of piperazine rings is 1. The summed E-state index contributed by atoms with van der Waals surface area (Å²) in [6.07, 6.45) is -0.714. The highest BCUT2D eigenvalue weighted by molar-refractivity contribution is 6.25. The zero-order chi connectivity index (χ0) is 20.4. The van der Waals surface area contributed by atoms with Crippen LogP contribution in [0.2, 0.25) is 0 Å². The van der Waals surface area contributed by atoms with E-state index in [1.165, 1.54) is 7.11 Å². The fraction of sp³-hybridized carbons (Fsp3) is 0.611. The highest BCUT2D eigenvalue weighted by Gasteiger charge is 2.75. The summed E-state index contributed by atoms with van der Waals surface area (Å²) in [5, 5.41) is 11.2. The lowest BCUT2D eigenvalue weighted by atomic mass is 9.82. The van der Waals surface area contributed by atoms with Gasteiger partial charge in [-0.15, -0.1) is 0 Å². The van der Waals surface area contributed by atoms with Crippen LogP contribution in [0.25, 0.3) is 0 Å². The van der Waals surface area contributed by atoms with Gasteiger partial charge in [-0.2, -0.15) is 0 Å². The summed E-state index contributed by atoms with van der Waals surface area (Å²) >= 11 is 0. The molecule has 0 bridgehead atoms. The van der Waals surface area contributed by atoms with Crippen molar-refractivity contribution in [1.29, 1.82) is 0 Å². The average Bonchev–Trinajstić information content (AvgIpc) is 3.07. The highest BCUT2D eigenvalue weighted by atomic mass is 16.6. The number of methoxy groups -OCH3 is 1. The van der Waals surface area contributed by atoms with Crippen molar-refractivity contribution >= 4 is 17.7 Å². The van der Waals surface area contributed by atoms with Gasteiger partial charge < -0.3 is 30.5 Å². The zero-order valence-corrected chi connectivity index (χ0v) is 16.0. The third-order valence-electron chi connectivity index (χ3n) is 6.36. The second-order valence-corrected chi connectivity index (χ2v) is 7.50. The van der Waals surface area contributed by atoms with Crippen LogP contribution in [-0.2, 0) is 19.1 Å². The average molecular weight is 392 g/mol. The Kier molecular flexibility index (Phi) is 4.25. The van der Waals surface area contributed by atoms with E-state index < -0.39 is 23.5 Å². The number of ketones is 2. The van der Waals surface area contributed by atoms with E-state index in [0.717, 1.165) is 0 Å². The molecular weight excluding hydrogens is 368 g/mol. The van der Waals surface area contributed by atoms with Crippen LogP contribution in [0.1, 0.15) is 6.92 Å². The molecule has 28 heavy (non-hydrogen) atoms. The second kappa shape index (κ2) is 6.29. The number of nitrogens with two attached hydrogens (primary N) is 1. The minimum Gasteiger partial charge on any atom is -0.449 e. The van der Waals surface area contributed by atoms with Gasteiger partial charge in [-0.05, 0) is 14.0 Å². The Labute approximate surface area is 161 Å². The SMILES string of the molecule is COC12C(COC(=O)NCCO)C3=C(C(=O)C(C)=C(N)C3=O)N1CC1C2N1C. The minimum atomic E-state index is -0.975. The first-order valence-corrected chi connectivity index (χ1v) is 9.17. The lowest BCUT2D eigenvalue weighted by Crippen LogP contribution is -2.55. The second-order valence-electron chi connectivity index (χ2n) is 7.50. The number of Topliss-reactive ketones (excluding diaryl/α,β-unsaturated/α-hetero) is 2. The predicted molar refractivity (Wildman–Crippen MR) is 95.6 cm³/mol. The molecule has 1 amide bonds. The van der Waals surface area contributed by atoms with E-state index in [-0.39, 0.29) is 54.5 Å². The summed E-state index contributed by atoms with van der Waals surface area (Å²) in [6, 6.07) is 0.172. The number of carbonyl (C=O) groups is 3. The largest absolute Gasteiger partial charge is 0.449 e. The van der Waals surface area contributed by atoms with Crippen LogP contribution >= 0.6 is 0 Å². The van der Waals surface area contributed by atoms with Crippen molar-refractivity contribution < 1.29 is 29.0 Å². The fourth-order valence-electron chi connectivity index (χ4n) is 4.94. The van der Waals surface area contributed by atoms with E-state index in [1.807, 2.05) is 11.9 Å². The zero-order valence-electron chi connectivity index (χ0n) is 16.0. The predicted octanol–water partition coefficient (Wildman–Crippen LogP) is -1.69. The number of ether oxygens (including phenoxy) is 2. The minimum absolute atomic E-state index is 0.0284. The lowest BCUT2D eigenvalue weighted by molar-refractivity contribution is -0.144. The lowest BCUT2D eigenvalue weighted by Gasteiger charge is -2.40. The number of likely N-dealkylation sites (N-methyl/N-ethyl adjacent to an activating group) is 1. The van der Waals surface area contributed by atoms with Crippen molar-refractivity contribution in [2.24, 2.45) is 11.7 Å². The van der Waals surface area contributed by atoms with Crippen molar-refractivity contribution in [3.05, 3.63) is 22.5 Å². The van der Waals surface area contributed by atoms with Crippen molar-refractivity contribution in [2.45, 2.75) is 24.7 Å².